The Kier molecular flexibility index (Phi) is 15.8. The van der Waals surface area contributed by atoms with Crippen LogP contribution in [0.2, 0.25) is 0 Å². The van der Waals surface area contributed by atoms with E-state index >= 15 is 0 Å². The number of hydrogen-bond donors (Lipinski definition) is 0. The van der Waals surface area contributed by atoms with E-state index in [0.29, 0.717) is 0 Å². The molecule has 2 aromatic carbocycles. The first-order valence-electron chi connectivity index (χ1n) is 14.0. The van der Waals surface area contributed by atoms with Crippen molar-refractivity contribution >= 4 is 10.8 Å². The van der Waals surface area contributed by atoms with E-state index in [9.17, 15) is 0 Å². The standard InChI is InChI=1S/C32H50/c1-2-3-4-5-6-7-8-9-10-11-12-13-14-15-16-17-18-19-20-21-25-30-27-24-28-31-26-22-23-29-32(30)31/h17-18,22-24,26-29H,2-16,19-21,25H2,1H3/b18-17+. The van der Waals surface area contributed by atoms with Gasteiger partial charge >= 0.3 is 0 Å². The van der Waals surface area contributed by atoms with Gasteiger partial charge in [0.1, 0.15) is 0 Å². The fraction of sp³-hybridized carbons (Fsp3) is 0.625. The van der Waals surface area contributed by atoms with Crippen LogP contribution in [-0.2, 0) is 6.42 Å². The van der Waals surface area contributed by atoms with Gasteiger partial charge in [-0.2, -0.15) is 0 Å². The van der Waals surface area contributed by atoms with E-state index in [4.69, 9.17) is 0 Å². The number of allylic oxidation sites excluding steroid dienone is 2. The van der Waals surface area contributed by atoms with Crippen molar-refractivity contribution in [1.82, 2.24) is 0 Å². The molecule has 0 nitrogen and oxygen atoms in total. The van der Waals surface area contributed by atoms with Gasteiger partial charge in [-0.15, -0.1) is 0 Å². The quantitative estimate of drug-likeness (QED) is 0.143. The molecule has 0 amide bonds. The summed E-state index contributed by atoms with van der Waals surface area (Å²) in [6.45, 7) is 2.30. The molecule has 0 aliphatic heterocycles. The molecule has 0 fully saturated rings. The van der Waals surface area contributed by atoms with E-state index in [-0.39, 0.29) is 0 Å². The van der Waals surface area contributed by atoms with Crippen LogP contribution >= 0.6 is 0 Å². The van der Waals surface area contributed by atoms with Gasteiger partial charge < -0.3 is 0 Å². The molecule has 0 spiro atoms. The third kappa shape index (κ3) is 12.5. The minimum absolute atomic E-state index is 1.20. The summed E-state index contributed by atoms with van der Waals surface area (Å²) in [7, 11) is 0. The molecule has 32 heavy (non-hydrogen) atoms. The Morgan fingerprint density at radius 3 is 1.62 bits per heavy atom. The number of aryl methyl sites for hydroxylation is 1. The van der Waals surface area contributed by atoms with Gasteiger partial charge in [-0.1, -0.05) is 145 Å². The highest BCUT2D eigenvalue weighted by atomic mass is 14.0. The molecule has 0 unspecified atom stereocenters. The van der Waals surface area contributed by atoms with Crippen LogP contribution in [0, 0.1) is 0 Å². The average molecular weight is 435 g/mol. The zero-order chi connectivity index (χ0) is 22.5. The lowest BCUT2D eigenvalue weighted by atomic mass is 10.00. The molecule has 0 aliphatic carbocycles. The van der Waals surface area contributed by atoms with Crippen LogP contribution in [0.15, 0.2) is 54.6 Å². The predicted octanol–water partition coefficient (Wildman–Crippen LogP) is 11.0. The lowest BCUT2D eigenvalue weighted by Gasteiger charge is -2.05. The monoisotopic (exact) mass is 434 g/mol. The fourth-order valence-electron chi connectivity index (χ4n) is 4.78. The summed E-state index contributed by atoms with van der Waals surface area (Å²) in [6, 6.07) is 15.5. The van der Waals surface area contributed by atoms with Gasteiger partial charge in [-0.3, -0.25) is 0 Å². The smallest absolute Gasteiger partial charge is 0.0152 e. The van der Waals surface area contributed by atoms with Crippen LogP contribution in [0.1, 0.15) is 128 Å². The molecular formula is C32H50. The van der Waals surface area contributed by atoms with Crippen molar-refractivity contribution in [3.63, 3.8) is 0 Å². The molecule has 0 atom stereocenters. The minimum Gasteiger partial charge on any atom is -0.0885 e. The molecule has 0 heterocycles. The first-order chi connectivity index (χ1) is 15.9. The zero-order valence-electron chi connectivity index (χ0n) is 21.1. The second-order valence-electron chi connectivity index (χ2n) is 9.74. The van der Waals surface area contributed by atoms with E-state index in [1.165, 1.54) is 138 Å². The number of unbranched alkanes of at least 4 members (excludes halogenated alkanes) is 16. The highest BCUT2D eigenvalue weighted by molar-refractivity contribution is 5.85. The molecule has 0 saturated heterocycles. The largest absolute Gasteiger partial charge is 0.0885 e. The number of fused-ring (bicyclic) bond motifs is 1. The summed E-state index contributed by atoms with van der Waals surface area (Å²) in [5.41, 5.74) is 1.51. The van der Waals surface area contributed by atoms with Crippen LogP contribution in [0.5, 0.6) is 0 Å². The summed E-state index contributed by atoms with van der Waals surface area (Å²) in [4.78, 5) is 0. The Balaban J connectivity index is 1.34. The topological polar surface area (TPSA) is 0 Å². The second kappa shape index (κ2) is 19.0. The molecule has 0 saturated carbocycles. The summed E-state index contributed by atoms with van der Waals surface area (Å²) in [5, 5.41) is 2.81. The van der Waals surface area contributed by atoms with Crippen LogP contribution in [-0.4, -0.2) is 0 Å². The van der Waals surface area contributed by atoms with Crippen molar-refractivity contribution in [2.24, 2.45) is 0 Å². The molecule has 0 heteroatoms. The summed E-state index contributed by atoms with van der Waals surface area (Å²) >= 11 is 0. The highest BCUT2D eigenvalue weighted by Crippen LogP contribution is 2.20. The molecular weight excluding hydrogens is 384 g/mol. The molecule has 0 aromatic heterocycles. The van der Waals surface area contributed by atoms with Gasteiger partial charge in [0, 0.05) is 0 Å². The van der Waals surface area contributed by atoms with Crippen molar-refractivity contribution in [3.05, 3.63) is 60.2 Å². The summed E-state index contributed by atoms with van der Waals surface area (Å²) < 4.78 is 0. The second-order valence-corrected chi connectivity index (χ2v) is 9.74. The first-order valence-corrected chi connectivity index (χ1v) is 14.0. The molecule has 0 radical (unpaired) electrons. The Morgan fingerprint density at radius 2 is 1.00 bits per heavy atom. The van der Waals surface area contributed by atoms with Crippen molar-refractivity contribution in [3.8, 4) is 0 Å². The van der Waals surface area contributed by atoms with Crippen LogP contribution in [0.4, 0.5) is 0 Å². The first kappa shape index (κ1) is 26.7. The van der Waals surface area contributed by atoms with Gasteiger partial charge in [0.25, 0.3) is 0 Å². The molecule has 0 N–H and O–H groups in total. The number of rotatable bonds is 20. The molecule has 178 valence electrons. The number of hydrogen-bond acceptors (Lipinski definition) is 0. The Bertz CT molecular complexity index is 706. The molecule has 2 rings (SSSR count). The van der Waals surface area contributed by atoms with Gasteiger partial charge in [-0.05, 0) is 54.9 Å². The molecule has 0 aliphatic rings. The third-order valence-corrected chi connectivity index (χ3v) is 6.84. The van der Waals surface area contributed by atoms with Crippen LogP contribution < -0.4 is 0 Å². The van der Waals surface area contributed by atoms with Crippen molar-refractivity contribution < 1.29 is 0 Å². The van der Waals surface area contributed by atoms with Crippen molar-refractivity contribution in [2.75, 3.05) is 0 Å². The summed E-state index contributed by atoms with van der Waals surface area (Å²) in [5.74, 6) is 0. The number of benzene rings is 2. The maximum Gasteiger partial charge on any atom is -0.0152 e. The maximum absolute atomic E-state index is 2.43. The lowest BCUT2D eigenvalue weighted by Crippen LogP contribution is -1.87. The normalized spacial score (nSPS) is 11.7. The average Bonchev–Trinajstić information content (AvgIpc) is 2.83. The van der Waals surface area contributed by atoms with Gasteiger partial charge in [0.05, 0.1) is 0 Å². The zero-order valence-corrected chi connectivity index (χ0v) is 21.1. The van der Waals surface area contributed by atoms with Crippen molar-refractivity contribution in [1.29, 1.82) is 0 Å². The highest BCUT2D eigenvalue weighted by Gasteiger charge is 1.99. The third-order valence-electron chi connectivity index (χ3n) is 6.84. The fourth-order valence-corrected chi connectivity index (χ4v) is 4.78. The predicted molar refractivity (Wildman–Crippen MR) is 146 cm³/mol. The molecule has 0 bridgehead atoms. The van der Waals surface area contributed by atoms with Crippen LogP contribution in [0.25, 0.3) is 10.8 Å². The Morgan fingerprint density at radius 1 is 0.500 bits per heavy atom. The lowest BCUT2D eigenvalue weighted by molar-refractivity contribution is 0.536. The van der Waals surface area contributed by atoms with E-state index in [2.05, 4.69) is 61.5 Å². The maximum atomic E-state index is 2.43. The van der Waals surface area contributed by atoms with E-state index in [0.717, 1.165) is 0 Å². The summed E-state index contributed by atoms with van der Waals surface area (Å²) in [6.07, 6.45) is 31.4. The molecule has 2 aromatic rings. The van der Waals surface area contributed by atoms with E-state index < -0.39 is 0 Å². The van der Waals surface area contributed by atoms with Crippen molar-refractivity contribution in [2.45, 2.75) is 129 Å². The van der Waals surface area contributed by atoms with E-state index in [1.54, 1.807) is 0 Å². The Hall–Kier alpha value is -1.56. The van der Waals surface area contributed by atoms with E-state index in [1.807, 2.05) is 0 Å². The Labute approximate surface area is 199 Å². The van der Waals surface area contributed by atoms with Gasteiger partial charge in [-0.25, -0.2) is 0 Å². The van der Waals surface area contributed by atoms with Gasteiger partial charge in [0.2, 0.25) is 0 Å². The minimum atomic E-state index is 1.20. The van der Waals surface area contributed by atoms with Crippen LogP contribution in [0.3, 0.4) is 0 Å². The van der Waals surface area contributed by atoms with Gasteiger partial charge in [0.15, 0.2) is 0 Å². The SMILES string of the molecule is CCCCCCCCCCCCCCCC/C=C/CCCCc1cccc2ccccc12.